The van der Waals surface area contributed by atoms with E-state index < -0.39 is 18.1 Å². The molecule has 3 aromatic rings. The molecular weight excluding hydrogens is 466 g/mol. The smallest absolute Gasteiger partial charge is 0.274 e. The number of ether oxygens (including phenoxy) is 2. The van der Waals surface area contributed by atoms with Crippen LogP contribution in [0, 0.1) is 6.92 Å². The van der Waals surface area contributed by atoms with Gasteiger partial charge >= 0.3 is 0 Å². The summed E-state index contributed by atoms with van der Waals surface area (Å²) in [5, 5.41) is 11.2. The van der Waals surface area contributed by atoms with Gasteiger partial charge in [-0.25, -0.2) is 9.67 Å². The second-order valence-corrected chi connectivity index (χ2v) is 8.81. The molecule has 1 saturated heterocycles. The number of rotatable bonds is 3. The van der Waals surface area contributed by atoms with Crippen LogP contribution in [0.1, 0.15) is 28.3 Å². The van der Waals surface area contributed by atoms with Gasteiger partial charge in [0.25, 0.3) is 11.5 Å². The Balaban J connectivity index is 1.33. The van der Waals surface area contributed by atoms with Crippen LogP contribution in [0.2, 0.25) is 0 Å². The van der Waals surface area contributed by atoms with Crippen molar-refractivity contribution in [3.63, 3.8) is 0 Å². The average Bonchev–Trinajstić information content (AvgIpc) is 3.49. The zero-order valence-corrected chi connectivity index (χ0v) is 19.9. The van der Waals surface area contributed by atoms with Gasteiger partial charge in [-0.05, 0) is 25.1 Å². The zero-order valence-electron chi connectivity index (χ0n) is 19.9. The quantitative estimate of drug-likeness (QED) is 0.545. The third-order valence-electron chi connectivity index (χ3n) is 6.35. The Hall–Kier alpha value is -4.06. The van der Waals surface area contributed by atoms with E-state index in [1.807, 2.05) is 13.0 Å². The van der Waals surface area contributed by atoms with Crippen LogP contribution in [0.5, 0.6) is 5.75 Å². The zero-order chi connectivity index (χ0) is 25.1. The topological polar surface area (TPSA) is 133 Å². The molecule has 2 aliphatic rings. The molecule has 0 radical (unpaired) electrons. The van der Waals surface area contributed by atoms with Crippen LogP contribution in [0.15, 0.2) is 47.5 Å². The van der Waals surface area contributed by atoms with E-state index >= 15 is 0 Å². The molecule has 5 heterocycles. The standard InChI is InChI=1S/C24H27N7O5/c1-16-4-2-6-22(33)31(16)9-7-21(32)29-13-18-20(14-29)36-15-17-12-30(28-27-17)10-11-35-19-5-3-8-25-23(19)24(34)26-18/h2-6,8,12,18,20H,7,9-11,13-15H2,1H3,(H,26,34)/t18-,20-/m0/s1. The SMILES string of the molecule is Cc1cccc(=O)n1CCC(=O)N1C[C@@H]2NC(=O)c3ncccc3OCCn3cc(nn3)CO[C@H]2C1. The minimum absolute atomic E-state index is 0.124. The highest BCUT2D eigenvalue weighted by atomic mass is 16.5. The number of carbonyl (C=O) groups excluding carboxylic acids is 2. The Labute approximate surface area is 206 Å². The lowest BCUT2D eigenvalue weighted by atomic mass is 10.2. The first kappa shape index (κ1) is 23.7. The van der Waals surface area contributed by atoms with Crippen LogP contribution in [-0.4, -0.2) is 73.1 Å². The molecule has 1 fully saturated rings. The van der Waals surface area contributed by atoms with E-state index in [4.69, 9.17) is 9.47 Å². The second-order valence-electron chi connectivity index (χ2n) is 8.81. The number of carbonyl (C=O) groups is 2. The molecule has 2 amide bonds. The molecule has 2 aliphatic heterocycles. The largest absolute Gasteiger partial charge is 0.489 e. The highest BCUT2D eigenvalue weighted by Gasteiger charge is 2.37. The molecule has 12 nitrogen and oxygen atoms in total. The van der Waals surface area contributed by atoms with E-state index in [1.165, 1.54) is 12.3 Å². The minimum atomic E-state index is -0.463. The number of amides is 2. The fourth-order valence-corrected chi connectivity index (χ4v) is 4.43. The second kappa shape index (κ2) is 10.3. The van der Waals surface area contributed by atoms with Gasteiger partial charge in [0.05, 0.1) is 31.5 Å². The van der Waals surface area contributed by atoms with Crippen LogP contribution in [0.3, 0.4) is 0 Å². The number of pyridine rings is 2. The van der Waals surface area contributed by atoms with E-state index in [-0.39, 0.29) is 49.9 Å². The molecule has 2 atom stereocenters. The van der Waals surface area contributed by atoms with Crippen LogP contribution in [-0.2, 0) is 29.2 Å². The van der Waals surface area contributed by atoms with Crippen molar-refractivity contribution in [2.45, 2.75) is 45.2 Å². The van der Waals surface area contributed by atoms with Crippen LogP contribution < -0.4 is 15.6 Å². The highest BCUT2D eigenvalue weighted by molar-refractivity contribution is 5.95. The molecule has 0 unspecified atom stereocenters. The van der Waals surface area contributed by atoms with Crippen LogP contribution >= 0.6 is 0 Å². The van der Waals surface area contributed by atoms with E-state index in [0.717, 1.165) is 5.69 Å². The number of nitrogens with zero attached hydrogens (tertiary/aromatic N) is 6. The number of hydrogen-bond acceptors (Lipinski definition) is 8. The maximum absolute atomic E-state index is 13.1. The van der Waals surface area contributed by atoms with Crippen molar-refractivity contribution in [3.05, 3.63) is 70.2 Å². The molecule has 188 valence electrons. The molecule has 3 aromatic heterocycles. The molecule has 36 heavy (non-hydrogen) atoms. The summed E-state index contributed by atoms with van der Waals surface area (Å²) in [6, 6.07) is 7.93. The fourth-order valence-electron chi connectivity index (χ4n) is 4.43. The fraction of sp³-hybridized carbons (Fsp3) is 0.417. The van der Waals surface area contributed by atoms with E-state index in [9.17, 15) is 14.4 Å². The first-order valence-corrected chi connectivity index (χ1v) is 11.8. The molecule has 5 rings (SSSR count). The highest BCUT2D eigenvalue weighted by Crippen LogP contribution is 2.20. The van der Waals surface area contributed by atoms with Crippen molar-refractivity contribution in [1.82, 2.24) is 34.8 Å². The maximum Gasteiger partial charge on any atom is 0.274 e. The van der Waals surface area contributed by atoms with Gasteiger partial charge in [-0.2, -0.15) is 0 Å². The molecule has 1 N–H and O–H groups in total. The van der Waals surface area contributed by atoms with Crippen LogP contribution in [0.25, 0.3) is 0 Å². The van der Waals surface area contributed by atoms with Crippen molar-refractivity contribution in [3.8, 4) is 5.75 Å². The average molecular weight is 494 g/mol. The number of aryl methyl sites for hydroxylation is 1. The molecule has 0 aliphatic carbocycles. The predicted molar refractivity (Wildman–Crippen MR) is 126 cm³/mol. The van der Waals surface area contributed by atoms with Gasteiger partial charge in [0.2, 0.25) is 5.91 Å². The first-order chi connectivity index (χ1) is 17.5. The lowest BCUT2D eigenvalue weighted by molar-refractivity contribution is -0.131. The summed E-state index contributed by atoms with van der Waals surface area (Å²) >= 11 is 0. The number of fused-ring (bicyclic) bond motifs is 4. The molecule has 2 bridgehead atoms. The summed E-state index contributed by atoms with van der Waals surface area (Å²) in [7, 11) is 0. The van der Waals surface area contributed by atoms with Crippen molar-refractivity contribution in [2.75, 3.05) is 19.7 Å². The van der Waals surface area contributed by atoms with Crippen molar-refractivity contribution in [1.29, 1.82) is 0 Å². The summed E-state index contributed by atoms with van der Waals surface area (Å²) in [6.45, 7) is 3.60. The summed E-state index contributed by atoms with van der Waals surface area (Å²) in [4.78, 5) is 44.2. The Kier molecular flexibility index (Phi) is 6.76. The summed E-state index contributed by atoms with van der Waals surface area (Å²) in [5.41, 5.74) is 1.45. The van der Waals surface area contributed by atoms with E-state index in [2.05, 4.69) is 20.6 Å². The summed E-state index contributed by atoms with van der Waals surface area (Å²) in [6.07, 6.45) is 3.01. The van der Waals surface area contributed by atoms with Crippen molar-refractivity contribution in [2.24, 2.45) is 0 Å². The molecule has 0 saturated carbocycles. The van der Waals surface area contributed by atoms with Gasteiger partial charge in [0.1, 0.15) is 12.3 Å². The minimum Gasteiger partial charge on any atom is -0.489 e. The molecule has 0 aromatic carbocycles. The van der Waals surface area contributed by atoms with Gasteiger partial charge in [-0.15, -0.1) is 5.10 Å². The predicted octanol–water partition coefficient (Wildman–Crippen LogP) is 0.152. The van der Waals surface area contributed by atoms with Crippen LogP contribution in [0.4, 0.5) is 0 Å². The lowest BCUT2D eigenvalue weighted by Gasteiger charge is -2.20. The molecular formula is C24H27N7O5. The van der Waals surface area contributed by atoms with E-state index in [1.54, 1.807) is 38.5 Å². The normalized spacial score (nSPS) is 20.0. The summed E-state index contributed by atoms with van der Waals surface area (Å²) < 4.78 is 15.1. The van der Waals surface area contributed by atoms with Gasteiger partial charge < -0.3 is 24.3 Å². The number of likely N-dealkylation sites (tertiary alicyclic amines) is 1. The van der Waals surface area contributed by atoms with Crippen molar-refractivity contribution < 1.29 is 19.1 Å². The third-order valence-corrected chi connectivity index (χ3v) is 6.35. The molecule has 12 heteroatoms. The van der Waals surface area contributed by atoms with Gasteiger partial charge in [-0.1, -0.05) is 11.3 Å². The number of aromatic nitrogens is 5. The Morgan fingerprint density at radius 1 is 1.19 bits per heavy atom. The van der Waals surface area contributed by atoms with Gasteiger partial charge in [0.15, 0.2) is 11.4 Å². The Morgan fingerprint density at radius 2 is 2.08 bits per heavy atom. The first-order valence-electron chi connectivity index (χ1n) is 11.8. The van der Waals surface area contributed by atoms with E-state index in [0.29, 0.717) is 24.5 Å². The number of hydrogen-bond donors (Lipinski definition) is 1. The van der Waals surface area contributed by atoms with Gasteiger partial charge in [0, 0.05) is 44.0 Å². The van der Waals surface area contributed by atoms with Crippen molar-refractivity contribution >= 4 is 11.8 Å². The number of nitrogens with one attached hydrogen (secondary N) is 1. The monoisotopic (exact) mass is 493 g/mol. The Morgan fingerprint density at radius 3 is 2.94 bits per heavy atom. The lowest BCUT2D eigenvalue weighted by Crippen LogP contribution is -2.44. The Bertz CT molecular complexity index is 1320. The van der Waals surface area contributed by atoms with Gasteiger partial charge in [-0.3, -0.25) is 14.4 Å². The third kappa shape index (κ3) is 5.13. The summed E-state index contributed by atoms with van der Waals surface area (Å²) in [5.74, 6) is -0.167. The maximum atomic E-state index is 13.1. The molecule has 0 spiro atoms.